The fraction of sp³-hybridized carbons (Fsp3) is 0.200. The van der Waals surface area contributed by atoms with Crippen molar-refractivity contribution in [3.63, 3.8) is 0 Å². The molecule has 2 N–H and O–H groups in total. The molecule has 2 aromatic rings. The molecule has 1 amide bonds. The van der Waals surface area contributed by atoms with Gasteiger partial charge in [-0.1, -0.05) is 43.3 Å². The van der Waals surface area contributed by atoms with Crippen LogP contribution in [0.4, 0.5) is 5.69 Å². The molecule has 2 rings (SSSR count). The molecule has 0 unspecified atom stereocenters. The maximum atomic E-state index is 12.1. The van der Waals surface area contributed by atoms with Crippen LogP contribution < -0.4 is 15.4 Å². The SMILES string of the molecule is CCc1cccc(C)c1NC(=S)NC(=O)C=Cc1ccccc1OC. The highest BCUT2D eigenvalue weighted by Gasteiger charge is 2.07. The molecule has 0 spiro atoms. The van der Waals surface area contributed by atoms with Crippen LogP contribution in [0.15, 0.2) is 48.5 Å². The largest absolute Gasteiger partial charge is 0.496 e. The van der Waals surface area contributed by atoms with Gasteiger partial charge in [-0.3, -0.25) is 10.1 Å². The lowest BCUT2D eigenvalue weighted by Crippen LogP contribution is -2.33. The topological polar surface area (TPSA) is 50.4 Å². The number of carbonyl (C=O) groups is 1. The summed E-state index contributed by atoms with van der Waals surface area (Å²) in [4.78, 5) is 12.1. The van der Waals surface area contributed by atoms with Crippen LogP contribution in [-0.4, -0.2) is 18.1 Å². The molecular formula is C20H22N2O2S. The normalized spacial score (nSPS) is 10.5. The van der Waals surface area contributed by atoms with E-state index in [2.05, 4.69) is 17.6 Å². The summed E-state index contributed by atoms with van der Waals surface area (Å²) in [6, 6.07) is 13.5. The number of methoxy groups -OCH3 is 1. The minimum absolute atomic E-state index is 0.277. The lowest BCUT2D eigenvalue weighted by Gasteiger charge is -2.14. The van der Waals surface area contributed by atoms with Gasteiger partial charge in [0.15, 0.2) is 5.11 Å². The summed E-state index contributed by atoms with van der Waals surface area (Å²) in [5.74, 6) is 0.412. The Labute approximate surface area is 153 Å². The molecule has 2 aromatic carbocycles. The first-order valence-corrected chi connectivity index (χ1v) is 8.47. The Hall–Kier alpha value is -2.66. The molecule has 0 aliphatic carbocycles. The van der Waals surface area contributed by atoms with Gasteiger partial charge >= 0.3 is 0 Å². The third-order valence-corrected chi connectivity index (χ3v) is 3.97. The summed E-state index contributed by atoms with van der Waals surface area (Å²) in [7, 11) is 1.60. The lowest BCUT2D eigenvalue weighted by molar-refractivity contribution is -0.115. The van der Waals surface area contributed by atoms with Gasteiger partial charge < -0.3 is 10.1 Å². The summed E-state index contributed by atoms with van der Waals surface area (Å²) < 4.78 is 5.26. The zero-order chi connectivity index (χ0) is 18.2. The minimum Gasteiger partial charge on any atom is -0.496 e. The summed E-state index contributed by atoms with van der Waals surface area (Å²) in [5.41, 5.74) is 4.01. The van der Waals surface area contributed by atoms with Gasteiger partial charge in [0.2, 0.25) is 5.91 Å². The van der Waals surface area contributed by atoms with E-state index < -0.39 is 0 Å². The minimum atomic E-state index is -0.296. The number of hydrogen-bond donors (Lipinski definition) is 2. The number of para-hydroxylation sites is 2. The van der Waals surface area contributed by atoms with Crippen molar-refractivity contribution in [3.05, 3.63) is 65.2 Å². The van der Waals surface area contributed by atoms with Crippen molar-refractivity contribution >= 4 is 35.0 Å². The van der Waals surface area contributed by atoms with E-state index in [1.807, 2.05) is 49.4 Å². The molecule has 0 bridgehead atoms. The maximum Gasteiger partial charge on any atom is 0.250 e. The third-order valence-electron chi connectivity index (χ3n) is 3.77. The molecule has 0 aliphatic rings. The third kappa shape index (κ3) is 5.16. The van der Waals surface area contributed by atoms with Crippen LogP contribution in [0.5, 0.6) is 5.75 Å². The Morgan fingerprint density at radius 3 is 2.68 bits per heavy atom. The van der Waals surface area contributed by atoms with E-state index in [0.717, 1.165) is 28.8 Å². The molecule has 25 heavy (non-hydrogen) atoms. The molecule has 0 heterocycles. The van der Waals surface area contributed by atoms with Crippen molar-refractivity contribution in [2.45, 2.75) is 20.3 Å². The zero-order valence-corrected chi connectivity index (χ0v) is 15.4. The number of carbonyl (C=O) groups excluding carboxylic acids is 1. The zero-order valence-electron chi connectivity index (χ0n) is 14.6. The van der Waals surface area contributed by atoms with Crippen molar-refractivity contribution in [1.82, 2.24) is 5.32 Å². The highest BCUT2D eigenvalue weighted by atomic mass is 32.1. The van der Waals surface area contributed by atoms with Gasteiger partial charge in [0.1, 0.15) is 5.75 Å². The van der Waals surface area contributed by atoms with E-state index in [1.54, 1.807) is 13.2 Å². The van der Waals surface area contributed by atoms with Gasteiger partial charge in [-0.15, -0.1) is 0 Å². The van der Waals surface area contributed by atoms with Crippen molar-refractivity contribution in [2.24, 2.45) is 0 Å². The molecule has 0 aliphatic heterocycles. The summed E-state index contributed by atoms with van der Waals surface area (Å²) >= 11 is 5.26. The first kappa shape index (κ1) is 18.7. The maximum absolute atomic E-state index is 12.1. The number of thiocarbonyl (C=S) groups is 1. The van der Waals surface area contributed by atoms with Crippen molar-refractivity contribution < 1.29 is 9.53 Å². The number of ether oxygens (including phenoxy) is 1. The number of benzene rings is 2. The second-order valence-electron chi connectivity index (χ2n) is 5.48. The predicted octanol–water partition coefficient (Wildman–Crippen LogP) is 4.09. The lowest BCUT2D eigenvalue weighted by atomic mass is 10.1. The summed E-state index contributed by atoms with van der Waals surface area (Å²) in [5, 5.41) is 6.07. The smallest absolute Gasteiger partial charge is 0.250 e. The van der Waals surface area contributed by atoms with Crippen LogP contribution in [-0.2, 0) is 11.2 Å². The Morgan fingerprint density at radius 2 is 1.96 bits per heavy atom. The average Bonchev–Trinajstić information content (AvgIpc) is 2.61. The molecule has 0 radical (unpaired) electrons. The Bertz CT molecular complexity index is 800. The van der Waals surface area contributed by atoms with Crippen LogP contribution in [0, 0.1) is 6.92 Å². The summed E-state index contributed by atoms with van der Waals surface area (Å²) in [6.45, 7) is 4.09. The molecule has 5 heteroatoms. The first-order valence-electron chi connectivity index (χ1n) is 8.06. The number of rotatable bonds is 5. The number of amides is 1. The van der Waals surface area contributed by atoms with Crippen molar-refractivity contribution in [2.75, 3.05) is 12.4 Å². The van der Waals surface area contributed by atoms with E-state index in [1.165, 1.54) is 6.08 Å². The van der Waals surface area contributed by atoms with Crippen LogP contribution in [0.3, 0.4) is 0 Å². The number of anilines is 1. The highest BCUT2D eigenvalue weighted by molar-refractivity contribution is 7.80. The first-order chi connectivity index (χ1) is 12.0. The van der Waals surface area contributed by atoms with E-state index >= 15 is 0 Å². The fourth-order valence-electron chi connectivity index (χ4n) is 2.47. The molecular weight excluding hydrogens is 332 g/mol. The highest BCUT2D eigenvalue weighted by Crippen LogP contribution is 2.21. The van der Waals surface area contributed by atoms with Gasteiger partial charge in [0.05, 0.1) is 7.11 Å². The van der Waals surface area contributed by atoms with Crippen molar-refractivity contribution in [3.8, 4) is 5.75 Å². The number of hydrogen-bond acceptors (Lipinski definition) is 3. The fourth-order valence-corrected chi connectivity index (χ4v) is 2.67. The van der Waals surface area contributed by atoms with Gasteiger partial charge in [-0.25, -0.2) is 0 Å². The van der Waals surface area contributed by atoms with E-state index in [9.17, 15) is 4.79 Å². The predicted molar refractivity (Wildman–Crippen MR) is 107 cm³/mol. The molecule has 0 fully saturated rings. The van der Waals surface area contributed by atoms with Crippen LogP contribution in [0.25, 0.3) is 6.08 Å². The molecule has 130 valence electrons. The van der Waals surface area contributed by atoms with Crippen LogP contribution in [0.2, 0.25) is 0 Å². The monoisotopic (exact) mass is 354 g/mol. The molecule has 0 aromatic heterocycles. The Balaban J connectivity index is 2.01. The average molecular weight is 354 g/mol. The second-order valence-corrected chi connectivity index (χ2v) is 5.89. The van der Waals surface area contributed by atoms with Gasteiger partial charge in [0.25, 0.3) is 0 Å². The quantitative estimate of drug-likeness (QED) is 0.627. The second kappa shape index (κ2) is 8.99. The van der Waals surface area contributed by atoms with Crippen molar-refractivity contribution in [1.29, 1.82) is 0 Å². The Kier molecular flexibility index (Phi) is 6.71. The standard InChI is InChI=1S/C20H22N2O2S/c1-4-15-10-7-8-14(2)19(15)22-20(25)21-18(23)13-12-16-9-5-6-11-17(16)24-3/h5-13H,4H2,1-3H3,(H2,21,22,23,25). The molecule has 0 saturated heterocycles. The van der Waals surface area contributed by atoms with Crippen LogP contribution in [0.1, 0.15) is 23.6 Å². The van der Waals surface area contributed by atoms with Gasteiger partial charge in [-0.2, -0.15) is 0 Å². The number of aryl methyl sites for hydroxylation is 2. The van der Waals surface area contributed by atoms with Gasteiger partial charge in [-0.05, 0) is 48.8 Å². The van der Waals surface area contributed by atoms with E-state index in [0.29, 0.717) is 5.75 Å². The van der Waals surface area contributed by atoms with Gasteiger partial charge in [0, 0.05) is 17.3 Å². The Morgan fingerprint density at radius 1 is 1.20 bits per heavy atom. The van der Waals surface area contributed by atoms with E-state index in [4.69, 9.17) is 17.0 Å². The number of nitrogens with one attached hydrogen (secondary N) is 2. The van der Waals surface area contributed by atoms with Crippen LogP contribution >= 0.6 is 12.2 Å². The molecule has 4 nitrogen and oxygen atoms in total. The van der Waals surface area contributed by atoms with E-state index in [-0.39, 0.29) is 11.0 Å². The molecule has 0 saturated carbocycles. The molecule has 0 atom stereocenters. The summed E-state index contributed by atoms with van der Waals surface area (Å²) in [6.07, 6.45) is 4.01.